The Morgan fingerprint density at radius 3 is 1.79 bits per heavy atom. The van der Waals surface area contributed by atoms with Gasteiger partial charge in [0.15, 0.2) is 0 Å². The molecule has 0 fully saturated rings. The van der Waals surface area contributed by atoms with Crippen molar-refractivity contribution in [1.29, 1.82) is 0 Å². The van der Waals surface area contributed by atoms with Crippen molar-refractivity contribution in [1.82, 2.24) is 5.01 Å². The number of alkyl halides is 3. The van der Waals surface area contributed by atoms with Crippen molar-refractivity contribution in [3.05, 3.63) is 0 Å². The molecular weight excluding hydrogens is 195 g/mol. The minimum Gasteiger partial charge on any atom is -0.289 e. The molecule has 6 heteroatoms. The summed E-state index contributed by atoms with van der Waals surface area (Å²) in [4.78, 5) is 3.07. The van der Waals surface area contributed by atoms with Gasteiger partial charge in [0.05, 0.1) is 0 Å². The van der Waals surface area contributed by atoms with Gasteiger partial charge in [0.25, 0.3) is 0 Å². The first-order valence-corrected chi connectivity index (χ1v) is 3.72. The lowest BCUT2D eigenvalue weighted by molar-refractivity contribution is -0.0705. The predicted octanol–water partition coefficient (Wildman–Crippen LogP) is 1.41. The topological polar surface area (TPSA) is 41.6 Å². The van der Waals surface area contributed by atoms with Gasteiger partial charge in [0, 0.05) is 13.1 Å². The van der Waals surface area contributed by atoms with Gasteiger partial charge in [-0.2, -0.15) is 13.2 Å². The standard InChI is InChI=1S/C6H12F3N3.C2H2/c1-4(2)12(10)5(11-3)6(7,8)9;1-2/h4H,10H2,1-3H3;1-2H. The van der Waals surface area contributed by atoms with Gasteiger partial charge in [-0.05, 0) is 13.8 Å². The molecule has 2 N–H and O–H groups in total. The number of hydrogen-bond acceptors (Lipinski definition) is 2. The molecule has 0 atom stereocenters. The average molecular weight is 209 g/mol. The van der Waals surface area contributed by atoms with Crippen LogP contribution < -0.4 is 5.84 Å². The third kappa shape index (κ3) is 4.72. The summed E-state index contributed by atoms with van der Waals surface area (Å²) in [5.74, 6) is 4.08. The molecule has 0 heterocycles. The van der Waals surface area contributed by atoms with Gasteiger partial charge in [0.2, 0.25) is 5.84 Å². The molecule has 82 valence electrons. The fourth-order valence-corrected chi connectivity index (χ4v) is 0.633. The maximum absolute atomic E-state index is 12.1. The molecule has 0 amide bonds. The quantitative estimate of drug-likeness (QED) is 0.233. The van der Waals surface area contributed by atoms with Crippen LogP contribution in [0.2, 0.25) is 0 Å². The molecule has 0 spiro atoms. The Bertz CT molecular complexity index is 206. The van der Waals surface area contributed by atoms with E-state index in [0.717, 1.165) is 7.05 Å². The van der Waals surface area contributed by atoms with E-state index in [1.807, 2.05) is 0 Å². The van der Waals surface area contributed by atoms with E-state index in [1.165, 1.54) is 0 Å². The second-order valence-electron chi connectivity index (χ2n) is 2.55. The summed E-state index contributed by atoms with van der Waals surface area (Å²) < 4.78 is 36.2. The van der Waals surface area contributed by atoms with Crippen LogP contribution in [0.25, 0.3) is 0 Å². The van der Waals surface area contributed by atoms with Gasteiger partial charge >= 0.3 is 6.18 Å². The third-order valence-electron chi connectivity index (χ3n) is 1.27. The number of nitrogens with zero attached hydrogens (tertiary/aromatic N) is 2. The summed E-state index contributed by atoms with van der Waals surface area (Å²) in [5.41, 5.74) is 0. The van der Waals surface area contributed by atoms with E-state index in [9.17, 15) is 13.2 Å². The van der Waals surface area contributed by atoms with Gasteiger partial charge in [0.1, 0.15) is 0 Å². The number of hydrazine groups is 1. The number of halogens is 3. The minimum atomic E-state index is -4.48. The lowest BCUT2D eigenvalue weighted by Crippen LogP contribution is -2.49. The van der Waals surface area contributed by atoms with Crippen LogP contribution in [0.1, 0.15) is 13.8 Å². The molecule has 0 rings (SSSR count). The highest BCUT2D eigenvalue weighted by Crippen LogP contribution is 2.19. The summed E-state index contributed by atoms with van der Waals surface area (Å²) in [6, 6.07) is -0.426. The zero-order chi connectivity index (χ0) is 11.9. The highest BCUT2D eigenvalue weighted by atomic mass is 19.4. The number of terminal acetylenes is 1. The zero-order valence-corrected chi connectivity index (χ0v) is 8.34. The molecule has 0 bridgehead atoms. The molecule has 0 aliphatic rings. The first-order valence-electron chi connectivity index (χ1n) is 3.72. The molecule has 0 aromatic carbocycles. The Morgan fingerprint density at radius 2 is 1.71 bits per heavy atom. The summed E-state index contributed by atoms with van der Waals surface area (Å²) >= 11 is 0. The third-order valence-corrected chi connectivity index (χ3v) is 1.27. The molecule has 0 aliphatic carbocycles. The van der Waals surface area contributed by atoms with Gasteiger partial charge in [-0.25, -0.2) is 5.84 Å². The SMILES string of the molecule is C#C.CN=C(N(N)C(C)C)C(F)(F)F. The van der Waals surface area contributed by atoms with E-state index in [1.54, 1.807) is 13.8 Å². The molecule has 0 aliphatic heterocycles. The van der Waals surface area contributed by atoms with Crippen molar-refractivity contribution >= 4 is 5.84 Å². The second kappa shape index (κ2) is 6.27. The normalized spacial score (nSPS) is 12.0. The molecular formula is C8H14F3N3. The fraction of sp³-hybridized carbons (Fsp3) is 0.625. The monoisotopic (exact) mass is 209 g/mol. The number of rotatable bonds is 1. The Kier molecular flexibility index (Phi) is 6.83. The van der Waals surface area contributed by atoms with Crippen LogP contribution in [-0.4, -0.2) is 30.1 Å². The second-order valence-corrected chi connectivity index (χ2v) is 2.55. The van der Waals surface area contributed by atoms with E-state index >= 15 is 0 Å². The minimum absolute atomic E-state index is 0.426. The van der Waals surface area contributed by atoms with Crippen LogP contribution in [0.3, 0.4) is 0 Å². The van der Waals surface area contributed by atoms with Crippen molar-refractivity contribution < 1.29 is 13.2 Å². The van der Waals surface area contributed by atoms with Gasteiger partial charge in [-0.1, -0.05) is 0 Å². The fourth-order valence-electron chi connectivity index (χ4n) is 0.633. The Labute approximate surface area is 81.8 Å². The van der Waals surface area contributed by atoms with Crippen molar-refractivity contribution in [3.63, 3.8) is 0 Å². The van der Waals surface area contributed by atoms with Crippen LogP contribution in [-0.2, 0) is 0 Å². The van der Waals surface area contributed by atoms with E-state index in [0.29, 0.717) is 5.01 Å². The van der Waals surface area contributed by atoms with Gasteiger partial charge in [-0.3, -0.25) is 10.0 Å². The lowest BCUT2D eigenvalue weighted by Gasteiger charge is -2.25. The van der Waals surface area contributed by atoms with E-state index in [2.05, 4.69) is 17.8 Å². The van der Waals surface area contributed by atoms with E-state index < -0.39 is 18.1 Å². The number of aliphatic imine (C=N–C) groups is 1. The van der Waals surface area contributed by atoms with Crippen molar-refractivity contribution in [2.75, 3.05) is 7.05 Å². The number of amidine groups is 1. The molecule has 0 aromatic heterocycles. The molecule has 0 saturated carbocycles. The Morgan fingerprint density at radius 1 is 1.36 bits per heavy atom. The molecule has 14 heavy (non-hydrogen) atoms. The Balaban J connectivity index is 0. The van der Waals surface area contributed by atoms with Gasteiger partial charge < -0.3 is 0 Å². The average Bonchev–Trinajstić information content (AvgIpc) is 2.06. The zero-order valence-electron chi connectivity index (χ0n) is 8.34. The summed E-state index contributed by atoms with van der Waals surface area (Å²) in [5, 5.41) is 0.597. The molecule has 3 nitrogen and oxygen atoms in total. The van der Waals surface area contributed by atoms with Crippen molar-refractivity contribution in [2.24, 2.45) is 10.8 Å². The number of nitrogens with two attached hydrogens (primary N) is 1. The maximum atomic E-state index is 12.1. The first-order chi connectivity index (χ1) is 6.30. The van der Waals surface area contributed by atoms with Crippen LogP contribution in [0, 0.1) is 12.8 Å². The summed E-state index contributed by atoms with van der Waals surface area (Å²) in [7, 11) is 1.06. The van der Waals surface area contributed by atoms with Crippen LogP contribution in [0.15, 0.2) is 4.99 Å². The first kappa shape index (κ1) is 15.3. The molecule has 0 saturated heterocycles. The number of hydrogen-bond donors (Lipinski definition) is 1. The highest BCUT2D eigenvalue weighted by Gasteiger charge is 2.39. The maximum Gasteiger partial charge on any atom is 0.450 e. The van der Waals surface area contributed by atoms with Gasteiger partial charge in [-0.15, -0.1) is 12.8 Å². The summed E-state index contributed by atoms with van der Waals surface area (Å²) in [6.07, 6.45) is 3.52. The van der Waals surface area contributed by atoms with Crippen molar-refractivity contribution in [2.45, 2.75) is 26.1 Å². The lowest BCUT2D eigenvalue weighted by atomic mass is 10.3. The predicted molar refractivity (Wildman–Crippen MR) is 50.5 cm³/mol. The van der Waals surface area contributed by atoms with E-state index in [-0.39, 0.29) is 0 Å². The summed E-state index contributed by atoms with van der Waals surface area (Å²) in [6.45, 7) is 3.11. The smallest absolute Gasteiger partial charge is 0.289 e. The van der Waals surface area contributed by atoms with E-state index in [4.69, 9.17) is 5.84 Å². The largest absolute Gasteiger partial charge is 0.450 e. The molecule has 0 radical (unpaired) electrons. The Hall–Kier alpha value is -1.22. The van der Waals surface area contributed by atoms with Crippen molar-refractivity contribution in [3.8, 4) is 12.8 Å². The van der Waals surface area contributed by atoms with Crippen LogP contribution in [0.4, 0.5) is 13.2 Å². The van der Waals surface area contributed by atoms with Crippen LogP contribution >= 0.6 is 0 Å². The molecule has 0 unspecified atom stereocenters. The van der Waals surface area contributed by atoms with Crippen LogP contribution in [0.5, 0.6) is 0 Å². The molecule has 0 aromatic rings. The highest BCUT2D eigenvalue weighted by molar-refractivity contribution is 5.87.